The van der Waals surface area contributed by atoms with Gasteiger partial charge >= 0.3 is 0 Å². The van der Waals surface area contributed by atoms with Crippen LogP contribution < -0.4 is 10.2 Å². The first-order valence-electron chi connectivity index (χ1n) is 6.91. The zero-order valence-corrected chi connectivity index (χ0v) is 14.6. The normalized spacial score (nSPS) is 10.7. The van der Waals surface area contributed by atoms with E-state index in [-0.39, 0.29) is 0 Å². The van der Waals surface area contributed by atoms with E-state index in [1.807, 2.05) is 25.2 Å². The lowest BCUT2D eigenvalue weighted by Gasteiger charge is -2.19. The van der Waals surface area contributed by atoms with Crippen molar-refractivity contribution in [3.05, 3.63) is 57.2 Å². The number of rotatable bonds is 6. The van der Waals surface area contributed by atoms with Crippen molar-refractivity contribution >= 4 is 33.3 Å². The van der Waals surface area contributed by atoms with Crippen LogP contribution in [0.3, 0.4) is 0 Å². The van der Waals surface area contributed by atoms with Gasteiger partial charge in [-0.15, -0.1) is 0 Å². The van der Waals surface area contributed by atoms with Crippen molar-refractivity contribution in [3.8, 4) is 0 Å². The number of hydrogen-bond acceptors (Lipinski definition) is 3. The number of pyridine rings is 1. The first-order chi connectivity index (χ1) is 10.1. The molecular formula is C16H19BrClN3. The van der Waals surface area contributed by atoms with Crippen LogP contribution in [0, 0.1) is 0 Å². The number of aromatic nitrogens is 1. The molecule has 0 saturated heterocycles. The predicted molar refractivity (Wildman–Crippen MR) is 92.9 cm³/mol. The van der Waals surface area contributed by atoms with E-state index in [0.717, 1.165) is 35.5 Å². The molecule has 1 N–H and O–H groups in total. The van der Waals surface area contributed by atoms with Gasteiger partial charge in [0.2, 0.25) is 0 Å². The summed E-state index contributed by atoms with van der Waals surface area (Å²) in [6.45, 7) is 4.56. The van der Waals surface area contributed by atoms with Gasteiger partial charge in [-0.3, -0.25) is 0 Å². The van der Waals surface area contributed by atoms with Gasteiger partial charge in [0.1, 0.15) is 5.82 Å². The lowest BCUT2D eigenvalue weighted by atomic mass is 10.2. The van der Waals surface area contributed by atoms with E-state index < -0.39 is 0 Å². The van der Waals surface area contributed by atoms with E-state index in [1.165, 1.54) is 5.56 Å². The molecule has 0 radical (unpaired) electrons. The van der Waals surface area contributed by atoms with Crippen LogP contribution in [-0.2, 0) is 13.1 Å². The quantitative estimate of drug-likeness (QED) is 0.826. The molecular weight excluding hydrogens is 350 g/mol. The van der Waals surface area contributed by atoms with Crippen molar-refractivity contribution < 1.29 is 0 Å². The van der Waals surface area contributed by atoms with Crippen molar-refractivity contribution in [1.82, 2.24) is 10.3 Å². The minimum absolute atomic E-state index is 0.704. The molecule has 0 aliphatic carbocycles. The van der Waals surface area contributed by atoms with E-state index in [2.05, 4.69) is 50.2 Å². The number of nitrogens with zero attached hydrogens (tertiary/aromatic N) is 2. The Labute approximate surface area is 139 Å². The highest BCUT2D eigenvalue weighted by Gasteiger charge is 2.08. The van der Waals surface area contributed by atoms with E-state index >= 15 is 0 Å². The number of benzene rings is 1. The Morgan fingerprint density at radius 2 is 2.14 bits per heavy atom. The molecule has 0 saturated carbocycles. The maximum absolute atomic E-state index is 6.19. The molecule has 0 unspecified atom stereocenters. The third kappa shape index (κ3) is 4.70. The summed E-state index contributed by atoms with van der Waals surface area (Å²) in [6, 6.07) is 10.3. The number of nitrogens with one attached hydrogen (secondary N) is 1. The van der Waals surface area contributed by atoms with Gasteiger partial charge in [-0.05, 0) is 35.9 Å². The minimum Gasteiger partial charge on any atom is -0.355 e. The first-order valence-corrected chi connectivity index (χ1v) is 8.08. The molecule has 2 aromatic rings. The highest BCUT2D eigenvalue weighted by Crippen LogP contribution is 2.21. The van der Waals surface area contributed by atoms with Crippen molar-refractivity contribution in [1.29, 1.82) is 0 Å². The van der Waals surface area contributed by atoms with Crippen molar-refractivity contribution in [2.75, 3.05) is 18.5 Å². The Morgan fingerprint density at radius 3 is 2.86 bits per heavy atom. The molecule has 0 aliphatic heterocycles. The van der Waals surface area contributed by atoms with Crippen LogP contribution >= 0.6 is 27.5 Å². The zero-order chi connectivity index (χ0) is 15.2. The summed E-state index contributed by atoms with van der Waals surface area (Å²) in [5, 5.41) is 4.00. The fourth-order valence-corrected chi connectivity index (χ4v) is 2.68. The van der Waals surface area contributed by atoms with Gasteiger partial charge in [0.05, 0.1) is 5.02 Å². The Morgan fingerprint density at radius 1 is 1.33 bits per heavy atom. The summed E-state index contributed by atoms with van der Waals surface area (Å²) in [4.78, 5) is 6.54. The molecule has 0 aliphatic rings. The number of halogens is 2. The van der Waals surface area contributed by atoms with E-state index in [1.54, 1.807) is 6.20 Å². The third-order valence-corrected chi connectivity index (χ3v) is 4.02. The molecule has 21 heavy (non-hydrogen) atoms. The average Bonchev–Trinajstić information content (AvgIpc) is 2.46. The van der Waals surface area contributed by atoms with Crippen molar-refractivity contribution in [2.24, 2.45) is 0 Å². The fraction of sp³-hybridized carbons (Fsp3) is 0.312. The molecule has 1 aromatic carbocycles. The van der Waals surface area contributed by atoms with Gasteiger partial charge in [-0.2, -0.15) is 0 Å². The van der Waals surface area contributed by atoms with Gasteiger partial charge in [0, 0.05) is 30.8 Å². The summed E-state index contributed by atoms with van der Waals surface area (Å²) in [5.41, 5.74) is 2.31. The fourth-order valence-electron chi connectivity index (χ4n) is 2.06. The molecule has 0 fully saturated rings. The molecule has 0 amide bonds. The maximum Gasteiger partial charge on any atom is 0.128 e. The molecule has 112 valence electrons. The summed E-state index contributed by atoms with van der Waals surface area (Å²) < 4.78 is 1.09. The Balaban J connectivity index is 2.13. The van der Waals surface area contributed by atoms with Crippen LogP contribution in [0.25, 0.3) is 0 Å². The largest absolute Gasteiger partial charge is 0.355 e. The van der Waals surface area contributed by atoms with Crippen LogP contribution in [0.5, 0.6) is 0 Å². The Bertz CT molecular complexity index is 604. The number of anilines is 1. The summed E-state index contributed by atoms with van der Waals surface area (Å²) in [6.07, 6.45) is 1.72. The second-order valence-electron chi connectivity index (χ2n) is 4.90. The topological polar surface area (TPSA) is 28.2 Å². The zero-order valence-electron chi connectivity index (χ0n) is 12.2. The lowest BCUT2D eigenvalue weighted by Crippen LogP contribution is -2.19. The smallest absolute Gasteiger partial charge is 0.128 e. The Kier molecular flexibility index (Phi) is 6.03. The Hall–Kier alpha value is -1.10. The molecule has 1 heterocycles. The van der Waals surface area contributed by atoms with Crippen molar-refractivity contribution in [2.45, 2.75) is 20.0 Å². The molecule has 3 nitrogen and oxygen atoms in total. The average molecular weight is 369 g/mol. The van der Waals surface area contributed by atoms with E-state index in [9.17, 15) is 0 Å². The highest BCUT2D eigenvalue weighted by atomic mass is 79.9. The third-order valence-electron chi connectivity index (χ3n) is 3.19. The van der Waals surface area contributed by atoms with E-state index in [4.69, 9.17) is 11.6 Å². The number of hydrogen-bond donors (Lipinski definition) is 1. The predicted octanol–water partition coefficient (Wildman–Crippen LogP) is 4.24. The van der Waals surface area contributed by atoms with Crippen LogP contribution in [0.1, 0.15) is 18.1 Å². The second-order valence-corrected chi connectivity index (χ2v) is 6.22. The van der Waals surface area contributed by atoms with Gasteiger partial charge < -0.3 is 10.2 Å². The molecule has 0 atom stereocenters. The lowest BCUT2D eigenvalue weighted by molar-refractivity contribution is 0.725. The van der Waals surface area contributed by atoms with Crippen LogP contribution in [0.2, 0.25) is 5.02 Å². The van der Waals surface area contributed by atoms with Crippen LogP contribution in [-0.4, -0.2) is 18.6 Å². The van der Waals surface area contributed by atoms with Gasteiger partial charge in [-0.25, -0.2) is 4.98 Å². The first kappa shape index (κ1) is 16.3. The monoisotopic (exact) mass is 367 g/mol. The second kappa shape index (κ2) is 7.78. The molecule has 5 heteroatoms. The maximum atomic E-state index is 6.19. The molecule has 0 bridgehead atoms. The van der Waals surface area contributed by atoms with Crippen LogP contribution in [0.4, 0.5) is 5.82 Å². The molecule has 0 spiro atoms. The highest BCUT2D eigenvalue weighted by molar-refractivity contribution is 9.10. The van der Waals surface area contributed by atoms with Gasteiger partial charge in [-0.1, -0.05) is 46.6 Å². The molecule has 2 rings (SSSR count). The molecule has 1 aromatic heterocycles. The SMILES string of the molecule is CCNCc1cc(N(C)Cc2cccc(Br)c2)ncc1Cl. The van der Waals surface area contributed by atoms with E-state index in [0.29, 0.717) is 5.02 Å². The van der Waals surface area contributed by atoms with Crippen LogP contribution in [0.15, 0.2) is 41.0 Å². The summed E-state index contributed by atoms with van der Waals surface area (Å²) in [7, 11) is 2.04. The van der Waals surface area contributed by atoms with Crippen molar-refractivity contribution in [3.63, 3.8) is 0 Å². The van der Waals surface area contributed by atoms with Gasteiger partial charge in [0.15, 0.2) is 0 Å². The summed E-state index contributed by atoms with van der Waals surface area (Å²) in [5.74, 6) is 0.923. The van der Waals surface area contributed by atoms with Gasteiger partial charge in [0.25, 0.3) is 0 Å². The standard InChI is InChI=1S/C16H19BrClN3/c1-3-19-9-13-8-16(20-10-15(13)18)21(2)11-12-5-4-6-14(17)7-12/h4-8,10,19H,3,9,11H2,1-2H3. The minimum atomic E-state index is 0.704. The summed E-state index contributed by atoms with van der Waals surface area (Å²) >= 11 is 9.69.